The first kappa shape index (κ1) is 22.2. The molecule has 1 aliphatic heterocycles. The molecule has 2 amide bonds. The molecule has 0 saturated carbocycles. The number of carbonyl (C=O) groups is 2. The highest BCUT2D eigenvalue weighted by atomic mass is 19.1. The molecule has 2 aromatic rings. The van der Waals surface area contributed by atoms with Crippen LogP contribution < -0.4 is 4.74 Å². The van der Waals surface area contributed by atoms with E-state index in [0.717, 1.165) is 0 Å². The van der Waals surface area contributed by atoms with Gasteiger partial charge in [-0.1, -0.05) is 18.2 Å². The predicted octanol–water partition coefficient (Wildman–Crippen LogP) is 2.59. The maximum Gasteiger partial charge on any atom is 0.276 e. The van der Waals surface area contributed by atoms with Crippen molar-refractivity contribution in [2.24, 2.45) is 0 Å². The number of methoxy groups -OCH3 is 1. The van der Waals surface area contributed by atoms with Gasteiger partial charge in [-0.15, -0.1) is 0 Å². The molecule has 2 aromatic carbocycles. The lowest BCUT2D eigenvalue weighted by Gasteiger charge is -2.48. The van der Waals surface area contributed by atoms with Crippen molar-refractivity contribution in [3.63, 3.8) is 0 Å². The second-order valence-electron chi connectivity index (χ2n) is 7.83. The highest BCUT2D eigenvalue weighted by molar-refractivity contribution is 5.99. The number of rotatable bonds is 6. The van der Waals surface area contributed by atoms with Crippen molar-refractivity contribution >= 4 is 17.5 Å². The molecule has 0 N–H and O–H groups in total. The third-order valence-electron chi connectivity index (χ3n) is 5.99. The van der Waals surface area contributed by atoms with E-state index in [9.17, 15) is 24.1 Å². The second-order valence-corrected chi connectivity index (χ2v) is 7.83. The van der Waals surface area contributed by atoms with E-state index in [1.807, 2.05) is 0 Å². The van der Waals surface area contributed by atoms with Crippen molar-refractivity contribution in [3.05, 3.63) is 69.5 Å². The van der Waals surface area contributed by atoms with Gasteiger partial charge in [0, 0.05) is 33.0 Å². The Hall–Kier alpha value is -3.49. The highest BCUT2D eigenvalue weighted by Gasteiger charge is 2.51. The minimum absolute atomic E-state index is 0.0572. The molecule has 9 heteroatoms. The molecule has 8 nitrogen and oxygen atoms in total. The Morgan fingerprint density at radius 2 is 1.81 bits per heavy atom. The maximum atomic E-state index is 13.3. The summed E-state index contributed by atoms with van der Waals surface area (Å²) in [5.74, 6) is -0.748. The first-order valence-corrected chi connectivity index (χ1v) is 9.69. The fourth-order valence-corrected chi connectivity index (χ4v) is 4.03. The summed E-state index contributed by atoms with van der Waals surface area (Å²) < 4.78 is 18.5. The zero-order valence-electron chi connectivity index (χ0n) is 17.8. The number of benzene rings is 2. The van der Waals surface area contributed by atoms with Crippen LogP contribution in [0.5, 0.6) is 5.75 Å². The van der Waals surface area contributed by atoms with Crippen molar-refractivity contribution in [2.75, 3.05) is 21.2 Å². The summed E-state index contributed by atoms with van der Waals surface area (Å²) in [6.45, 7) is 1.66. The fraction of sp³-hybridized carbons (Fsp3) is 0.364. The number of carbonyl (C=O) groups excluding carboxylic acids is 2. The first-order valence-electron chi connectivity index (χ1n) is 9.69. The van der Waals surface area contributed by atoms with E-state index < -0.39 is 16.5 Å². The summed E-state index contributed by atoms with van der Waals surface area (Å²) in [4.78, 5) is 40.3. The molecule has 1 saturated heterocycles. The number of nitrogens with zero attached hydrogens (tertiary/aromatic N) is 3. The summed E-state index contributed by atoms with van der Waals surface area (Å²) in [6, 6.07) is 9.28. The number of nitro benzene ring substituents is 1. The lowest BCUT2D eigenvalue weighted by Crippen LogP contribution is -2.69. The molecular formula is C22H24FN3O5. The molecule has 3 rings (SSSR count). The monoisotopic (exact) mass is 429 g/mol. The average Bonchev–Trinajstić information content (AvgIpc) is 2.75. The van der Waals surface area contributed by atoms with E-state index in [-0.39, 0.29) is 47.5 Å². The first-order chi connectivity index (χ1) is 14.6. The van der Waals surface area contributed by atoms with Gasteiger partial charge in [0.1, 0.15) is 23.1 Å². The summed E-state index contributed by atoms with van der Waals surface area (Å²) in [7, 11) is 4.45. The molecule has 0 aliphatic carbocycles. The third kappa shape index (κ3) is 3.95. The average molecular weight is 429 g/mol. The van der Waals surface area contributed by atoms with Gasteiger partial charge in [-0.3, -0.25) is 19.7 Å². The molecular weight excluding hydrogens is 405 g/mol. The van der Waals surface area contributed by atoms with Gasteiger partial charge in [0.2, 0.25) is 11.8 Å². The molecule has 1 heterocycles. The molecule has 2 atom stereocenters. The topological polar surface area (TPSA) is 93.0 Å². The minimum atomic E-state index is -1.17. The SMILES string of the molecule is COc1cccc([N+](=O)[O-])c1CC1C(=O)N(C)C(C)(Cc2ccc(F)cc2)C(=O)N1C. The van der Waals surface area contributed by atoms with Crippen molar-refractivity contribution < 1.29 is 23.6 Å². The lowest BCUT2D eigenvalue weighted by atomic mass is 9.85. The van der Waals surface area contributed by atoms with Gasteiger partial charge in [-0.05, 0) is 30.7 Å². The van der Waals surface area contributed by atoms with Gasteiger partial charge < -0.3 is 14.5 Å². The molecule has 1 aliphatic rings. The molecule has 0 aromatic heterocycles. The van der Waals surface area contributed by atoms with Gasteiger partial charge in [-0.25, -0.2) is 4.39 Å². The number of hydrogen-bond acceptors (Lipinski definition) is 5. The van der Waals surface area contributed by atoms with Crippen LogP contribution in [-0.4, -0.2) is 59.3 Å². The van der Waals surface area contributed by atoms with Gasteiger partial charge in [0.05, 0.1) is 17.6 Å². The Morgan fingerprint density at radius 3 is 2.39 bits per heavy atom. The van der Waals surface area contributed by atoms with Crippen LogP contribution in [0.15, 0.2) is 42.5 Å². The van der Waals surface area contributed by atoms with Crippen molar-refractivity contribution in [2.45, 2.75) is 31.3 Å². The summed E-state index contributed by atoms with van der Waals surface area (Å²) in [6.07, 6.45) is 0.151. The Morgan fingerprint density at radius 1 is 1.16 bits per heavy atom. The number of hydrogen-bond donors (Lipinski definition) is 0. The summed E-state index contributed by atoms with van der Waals surface area (Å²) in [5.41, 5.74) is -0.379. The van der Waals surface area contributed by atoms with Gasteiger partial charge in [-0.2, -0.15) is 0 Å². The van der Waals surface area contributed by atoms with Crippen LogP contribution >= 0.6 is 0 Å². The third-order valence-corrected chi connectivity index (χ3v) is 5.99. The molecule has 2 unspecified atom stereocenters. The Bertz CT molecular complexity index is 1030. The van der Waals surface area contributed by atoms with E-state index in [0.29, 0.717) is 5.56 Å². The predicted molar refractivity (Wildman–Crippen MR) is 111 cm³/mol. The van der Waals surface area contributed by atoms with Crippen LogP contribution in [0.3, 0.4) is 0 Å². The Labute approximate surface area is 179 Å². The van der Waals surface area contributed by atoms with Crippen LogP contribution in [0.4, 0.5) is 10.1 Å². The molecule has 164 valence electrons. The van der Waals surface area contributed by atoms with E-state index >= 15 is 0 Å². The summed E-state index contributed by atoms with van der Waals surface area (Å²) >= 11 is 0. The molecule has 1 fully saturated rings. The Kier molecular flexibility index (Phi) is 5.97. The quantitative estimate of drug-likeness (QED) is 0.520. The zero-order valence-corrected chi connectivity index (χ0v) is 17.8. The van der Waals surface area contributed by atoms with Crippen LogP contribution in [-0.2, 0) is 22.4 Å². The van der Waals surface area contributed by atoms with E-state index in [1.165, 1.54) is 48.2 Å². The van der Waals surface area contributed by atoms with Gasteiger partial charge >= 0.3 is 0 Å². The number of likely N-dealkylation sites (N-methyl/N-ethyl adjacent to an activating group) is 2. The zero-order chi connectivity index (χ0) is 22.9. The van der Waals surface area contributed by atoms with E-state index in [4.69, 9.17) is 4.74 Å². The van der Waals surface area contributed by atoms with E-state index in [2.05, 4.69) is 0 Å². The number of piperazine rings is 1. The maximum absolute atomic E-state index is 13.3. The van der Waals surface area contributed by atoms with Crippen LogP contribution in [0, 0.1) is 15.9 Å². The van der Waals surface area contributed by atoms with Gasteiger partial charge in [0.15, 0.2) is 0 Å². The lowest BCUT2D eigenvalue weighted by molar-refractivity contribution is -0.385. The minimum Gasteiger partial charge on any atom is -0.496 e. The number of ether oxygens (including phenoxy) is 1. The summed E-state index contributed by atoms with van der Waals surface area (Å²) in [5, 5.41) is 11.5. The van der Waals surface area contributed by atoms with Crippen molar-refractivity contribution in [3.8, 4) is 5.75 Å². The van der Waals surface area contributed by atoms with Crippen LogP contribution in [0.25, 0.3) is 0 Å². The Balaban J connectivity index is 1.94. The second kappa shape index (κ2) is 8.33. The van der Waals surface area contributed by atoms with Crippen molar-refractivity contribution in [1.82, 2.24) is 9.80 Å². The fourth-order valence-electron chi connectivity index (χ4n) is 4.03. The smallest absolute Gasteiger partial charge is 0.276 e. The highest BCUT2D eigenvalue weighted by Crippen LogP contribution is 2.34. The number of nitro groups is 1. The van der Waals surface area contributed by atoms with E-state index in [1.54, 1.807) is 32.2 Å². The van der Waals surface area contributed by atoms with Gasteiger partial charge in [0.25, 0.3) is 5.69 Å². The molecule has 0 radical (unpaired) electrons. The standard InChI is InChI=1S/C22H24FN3O5/c1-22(13-14-8-10-15(23)11-9-14)21(28)24(2)18(20(27)25(22)3)12-16-17(26(29)30)6-5-7-19(16)31-4/h5-11,18H,12-13H2,1-4H3. The molecule has 31 heavy (non-hydrogen) atoms. The van der Waals surface area contributed by atoms with Crippen molar-refractivity contribution in [1.29, 1.82) is 0 Å². The number of amides is 2. The van der Waals surface area contributed by atoms with Crippen LogP contribution in [0.1, 0.15) is 18.1 Å². The normalized spacial score (nSPS) is 21.4. The molecule has 0 bridgehead atoms. The van der Waals surface area contributed by atoms with Crippen LogP contribution in [0.2, 0.25) is 0 Å². The largest absolute Gasteiger partial charge is 0.496 e. The number of halogens is 1. The molecule has 0 spiro atoms.